The highest BCUT2D eigenvalue weighted by Gasteiger charge is 2.40. The van der Waals surface area contributed by atoms with Crippen LogP contribution in [-0.4, -0.2) is 44.8 Å². The second kappa shape index (κ2) is 5.93. The normalized spacial score (nSPS) is 23.4. The highest BCUT2D eigenvalue weighted by atomic mass is 16.6. The molecule has 2 aliphatic rings. The topological polar surface area (TPSA) is 56.6 Å². The standard InChI is InChI=1S/C19H25N3O3/c1-19(2,3)25-18(23)21-11-7-6-10-15(21)16-12-22-14-9-5-4-8-13(14)20-17(22)24-16/h4-5,8-9,15-16H,6-7,10-12H2,1-3H3. The SMILES string of the molecule is CC(C)(C)OC(=O)N1CCCCC1C1Cn2c(nc3ccccc32)O1. The van der Waals surface area contributed by atoms with Gasteiger partial charge in [0.05, 0.1) is 23.6 Å². The summed E-state index contributed by atoms with van der Waals surface area (Å²) in [4.78, 5) is 19.1. The quantitative estimate of drug-likeness (QED) is 0.794. The number of carbonyl (C=O) groups excluding carboxylic acids is 1. The molecular weight excluding hydrogens is 318 g/mol. The molecule has 0 bridgehead atoms. The summed E-state index contributed by atoms with van der Waals surface area (Å²) in [5.41, 5.74) is 1.54. The third-order valence-corrected chi connectivity index (χ3v) is 4.85. The minimum atomic E-state index is -0.487. The van der Waals surface area contributed by atoms with Crippen LogP contribution in [-0.2, 0) is 11.3 Å². The Morgan fingerprint density at radius 3 is 2.88 bits per heavy atom. The summed E-state index contributed by atoms with van der Waals surface area (Å²) in [7, 11) is 0. The van der Waals surface area contributed by atoms with Crippen molar-refractivity contribution in [2.75, 3.05) is 6.54 Å². The Balaban J connectivity index is 1.54. The van der Waals surface area contributed by atoms with Gasteiger partial charge < -0.3 is 14.4 Å². The van der Waals surface area contributed by atoms with E-state index in [9.17, 15) is 4.79 Å². The molecule has 0 radical (unpaired) electrons. The Bertz CT molecular complexity index is 793. The molecule has 0 spiro atoms. The lowest BCUT2D eigenvalue weighted by Crippen LogP contribution is -2.52. The molecule has 1 amide bonds. The summed E-state index contributed by atoms with van der Waals surface area (Å²) in [5, 5.41) is 0. The van der Waals surface area contributed by atoms with Gasteiger partial charge >= 0.3 is 6.09 Å². The monoisotopic (exact) mass is 343 g/mol. The van der Waals surface area contributed by atoms with Crippen molar-refractivity contribution in [3.05, 3.63) is 24.3 Å². The molecule has 134 valence electrons. The number of hydrogen-bond acceptors (Lipinski definition) is 4. The Morgan fingerprint density at radius 1 is 1.28 bits per heavy atom. The van der Waals surface area contributed by atoms with Crippen LogP contribution >= 0.6 is 0 Å². The summed E-state index contributed by atoms with van der Waals surface area (Å²) < 4.78 is 13.9. The number of rotatable bonds is 1. The van der Waals surface area contributed by atoms with Crippen molar-refractivity contribution in [2.45, 2.75) is 64.3 Å². The second-order valence-electron chi connectivity index (χ2n) is 7.89. The molecule has 1 aromatic carbocycles. The number of fused-ring (bicyclic) bond motifs is 3. The number of para-hydroxylation sites is 2. The Hall–Kier alpha value is -2.24. The molecule has 2 aromatic rings. The molecular formula is C19H25N3O3. The van der Waals surface area contributed by atoms with E-state index in [0.29, 0.717) is 6.01 Å². The van der Waals surface area contributed by atoms with E-state index in [0.717, 1.165) is 43.4 Å². The van der Waals surface area contributed by atoms with Crippen LogP contribution in [0.1, 0.15) is 40.0 Å². The zero-order valence-corrected chi connectivity index (χ0v) is 15.1. The first-order valence-electron chi connectivity index (χ1n) is 9.04. The number of benzene rings is 1. The molecule has 0 aliphatic carbocycles. The summed E-state index contributed by atoms with van der Waals surface area (Å²) >= 11 is 0. The van der Waals surface area contributed by atoms with E-state index in [-0.39, 0.29) is 18.2 Å². The van der Waals surface area contributed by atoms with Crippen molar-refractivity contribution < 1.29 is 14.3 Å². The first-order valence-corrected chi connectivity index (χ1v) is 9.04. The minimum Gasteiger partial charge on any atom is -0.457 e. The van der Waals surface area contributed by atoms with Gasteiger partial charge in [-0.2, -0.15) is 4.98 Å². The molecule has 1 saturated heterocycles. The van der Waals surface area contributed by atoms with Crippen LogP contribution in [0.2, 0.25) is 0 Å². The molecule has 6 heteroatoms. The van der Waals surface area contributed by atoms with Gasteiger partial charge in [-0.15, -0.1) is 0 Å². The van der Waals surface area contributed by atoms with Gasteiger partial charge in [0.15, 0.2) is 0 Å². The van der Waals surface area contributed by atoms with Crippen molar-refractivity contribution in [1.82, 2.24) is 14.5 Å². The fourth-order valence-electron chi connectivity index (χ4n) is 3.76. The number of amides is 1. The van der Waals surface area contributed by atoms with Gasteiger partial charge in [-0.25, -0.2) is 4.79 Å². The largest absolute Gasteiger partial charge is 0.457 e. The van der Waals surface area contributed by atoms with Crippen molar-refractivity contribution in [2.24, 2.45) is 0 Å². The first-order chi connectivity index (χ1) is 11.9. The molecule has 4 rings (SSSR count). The fraction of sp³-hybridized carbons (Fsp3) is 0.579. The van der Waals surface area contributed by atoms with Crippen LogP contribution in [0.5, 0.6) is 6.01 Å². The first kappa shape index (κ1) is 16.2. The van der Waals surface area contributed by atoms with Gasteiger partial charge in [-0.05, 0) is 52.2 Å². The number of hydrogen-bond donors (Lipinski definition) is 0. The van der Waals surface area contributed by atoms with E-state index in [1.54, 1.807) is 0 Å². The molecule has 6 nitrogen and oxygen atoms in total. The highest BCUT2D eigenvalue weighted by Crippen LogP contribution is 2.33. The third kappa shape index (κ3) is 3.05. The van der Waals surface area contributed by atoms with E-state index in [1.807, 2.05) is 43.9 Å². The summed E-state index contributed by atoms with van der Waals surface area (Å²) in [5.74, 6) is 0. The molecule has 0 saturated carbocycles. The zero-order chi connectivity index (χ0) is 17.6. The van der Waals surface area contributed by atoms with E-state index < -0.39 is 5.60 Å². The van der Waals surface area contributed by atoms with E-state index >= 15 is 0 Å². The highest BCUT2D eigenvalue weighted by molar-refractivity contribution is 5.77. The van der Waals surface area contributed by atoms with Crippen LogP contribution in [0, 0.1) is 0 Å². The number of ether oxygens (including phenoxy) is 2. The lowest BCUT2D eigenvalue weighted by Gasteiger charge is -2.38. The molecule has 1 aromatic heterocycles. The third-order valence-electron chi connectivity index (χ3n) is 4.85. The van der Waals surface area contributed by atoms with Crippen molar-refractivity contribution >= 4 is 17.1 Å². The van der Waals surface area contributed by atoms with Gasteiger partial charge in [0.1, 0.15) is 11.7 Å². The lowest BCUT2D eigenvalue weighted by atomic mass is 9.97. The number of aromatic nitrogens is 2. The smallest absolute Gasteiger partial charge is 0.410 e. The number of nitrogens with zero attached hydrogens (tertiary/aromatic N) is 3. The lowest BCUT2D eigenvalue weighted by molar-refractivity contribution is -0.00841. The molecule has 3 heterocycles. The van der Waals surface area contributed by atoms with E-state index in [4.69, 9.17) is 9.47 Å². The average molecular weight is 343 g/mol. The molecule has 2 atom stereocenters. The van der Waals surface area contributed by atoms with Crippen LogP contribution in [0.15, 0.2) is 24.3 Å². The molecule has 2 unspecified atom stereocenters. The molecule has 25 heavy (non-hydrogen) atoms. The van der Waals surface area contributed by atoms with Gasteiger partial charge in [0.2, 0.25) is 0 Å². The van der Waals surface area contributed by atoms with Gasteiger partial charge in [-0.1, -0.05) is 12.1 Å². The number of imidazole rings is 1. The second-order valence-corrected chi connectivity index (χ2v) is 7.89. The maximum Gasteiger partial charge on any atom is 0.410 e. The summed E-state index contributed by atoms with van der Waals surface area (Å²) in [6.45, 7) is 7.15. The van der Waals surface area contributed by atoms with Crippen molar-refractivity contribution in [3.63, 3.8) is 0 Å². The van der Waals surface area contributed by atoms with E-state index in [1.165, 1.54) is 0 Å². The van der Waals surface area contributed by atoms with E-state index in [2.05, 4.69) is 15.6 Å². The van der Waals surface area contributed by atoms with Crippen LogP contribution in [0.25, 0.3) is 11.0 Å². The molecule has 1 fully saturated rings. The Labute approximate surface area is 147 Å². The fourth-order valence-corrected chi connectivity index (χ4v) is 3.76. The van der Waals surface area contributed by atoms with Gasteiger partial charge in [0, 0.05) is 6.54 Å². The average Bonchev–Trinajstić information content (AvgIpc) is 3.11. The van der Waals surface area contributed by atoms with Crippen LogP contribution in [0.3, 0.4) is 0 Å². The minimum absolute atomic E-state index is 0.0315. The Morgan fingerprint density at radius 2 is 2.08 bits per heavy atom. The van der Waals surface area contributed by atoms with Crippen molar-refractivity contribution in [3.8, 4) is 6.01 Å². The van der Waals surface area contributed by atoms with Crippen LogP contribution in [0.4, 0.5) is 4.79 Å². The maximum absolute atomic E-state index is 12.6. The predicted octanol–water partition coefficient (Wildman–Crippen LogP) is 3.59. The van der Waals surface area contributed by atoms with Crippen LogP contribution < -0.4 is 4.74 Å². The van der Waals surface area contributed by atoms with Gasteiger partial charge in [0.25, 0.3) is 6.01 Å². The molecule has 0 N–H and O–H groups in total. The Kier molecular flexibility index (Phi) is 3.85. The van der Waals surface area contributed by atoms with Gasteiger partial charge in [-0.3, -0.25) is 4.57 Å². The van der Waals surface area contributed by atoms with Crippen molar-refractivity contribution in [1.29, 1.82) is 0 Å². The molecule has 2 aliphatic heterocycles. The number of likely N-dealkylation sites (tertiary alicyclic amines) is 1. The number of carbonyl (C=O) groups is 1. The summed E-state index contributed by atoms with van der Waals surface area (Å²) in [6.07, 6.45) is 2.74. The predicted molar refractivity (Wildman–Crippen MR) is 94.7 cm³/mol. The zero-order valence-electron chi connectivity index (χ0n) is 15.1. The number of piperidine rings is 1. The summed E-state index contributed by atoms with van der Waals surface area (Å²) in [6, 6.07) is 8.73. The maximum atomic E-state index is 12.6.